The number of aryl methyl sites for hydroxylation is 2. The lowest BCUT2D eigenvalue weighted by Crippen LogP contribution is -2.29. The van der Waals surface area contributed by atoms with Gasteiger partial charge in [0.05, 0.1) is 5.56 Å². The Labute approximate surface area is 148 Å². The van der Waals surface area contributed by atoms with E-state index in [1.807, 2.05) is 39.0 Å². The summed E-state index contributed by atoms with van der Waals surface area (Å²) in [6.07, 6.45) is 0.661. The zero-order chi connectivity index (χ0) is 17.0. The van der Waals surface area contributed by atoms with Gasteiger partial charge in [-0.25, -0.2) is 4.39 Å². The quantitative estimate of drug-likeness (QED) is 0.856. The van der Waals surface area contributed by atoms with Gasteiger partial charge < -0.3 is 11.1 Å². The first-order chi connectivity index (χ1) is 10.9. The minimum atomic E-state index is -0.515. The van der Waals surface area contributed by atoms with Crippen LogP contribution < -0.4 is 11.1 Å². The fraction of sp³-hybridized carbons (Fsp3) is 0.316. The number of rotatable bonds is 5. The molecular weight excluding hydrogens is 327 g/mol. The monoisotopic (exact) mass is 350 g/mol. The maximum Gasteiger partial charge on any atom is 0.254 e. The van der Waals surface area contributed by atoms with E-state index in [2.05, 4.69) is 5.32 Å². The van der Waals surface area contributed by atoms with Gasteiger partial charge in [0, 0.05) is 12.6 Å². The average Bonchev–Trinajstić information content (AvgIpc) is 2.49. The molecule has 2 aromatic carbocycles. The summed E-state index contributed by atoms with van der Waals surface area (Å²) in [4.78, 5) is 12.0. The lowest BCUT2D eigenvalue weighted by atomic mass is 9.99. The number of nitrogens with one attached hydrogen (secondary N) is 1. The Bertz CT molecular complexity index is 717. The highest BCUT2D eigenvalue weighted by atomic mass is 35.5. The van der Waals surface area contributed by atoms with Crippen LogP contribution in [0, 0.1) is 19.7 Å². The molecule has 2 aromatic rings. The summed E-state index contributed by atoms with van der Waals surface area (Å²) in [5.41, 5.74) is 9.74. The summed E-state index contributed by atoms with van der Waals surface area (Å²) in [6.45, 7) is 6.37. The van der Waals surface area contributed by atoms with Crippen LogP contribution in [0.25, 0.3) is 11.1 Å². The molecule has 0 aliphatic carbocycles. The van der Waals surface area contributed by atoms with E-state index in [0.29, 0.717) is 13.0 Å². The van der Waals surface area contributed by atoms with Gasteiger partial charge in [0.1, 0.15) is 5.82 Å². The average molecular weight is 351 g/mol. The lowest BCUT2D eigenvalue weighted by Gasteiger charge is -2.10. The predicted octanol–water partition coefficient (Wildman–Crippen LogP) is 4.00. The van der Waals surface area contributed by atoms with Crippen molar-refractivity contribution in [2.75, 3.05) is 6.54 Å². The molecule has 3 N–H and O–H groups in total. The van der Waals surface area contributed by atoms with Gasteiger partial charge in [0.15, 0.2) is 0 Å². The third-order valence-electron chi connectivity index (χ3n) is 3.94. The molecule has 3 nitrogen and oxygen atoms in total. The van der Waals surface area contributed by atoms with E-state index in [1.54, 1.807) is 6.07 Å². The van der Waals surface area contributed by atoms with Gasteiger partial charge in [-0.1, -0.05) is 24.3 Å². The number of hydrogen-bond donors (Lipinski definition) is 2. The zero-order valence-corrected chi connectivity index (χ0v) is 15.0. The minimum Gasteiger partial charge on any atom is -0.352 e. The third kappa shape index (κ3) is 5.05. The number of nitrogens with two attached hydrogens (primary N) is 1. The second kappa shape index (κ2) is 8.81. The Balaban J connectivity index is 0.00000288. The van der Waals surface area contributed by atoms with Crippen molar-refractivity contribution in [3.8, 4) is 11.1 Å². The SMILES string of the molecule is Cc1ccc(-c2ccc(C(=O)NCCC(C)N)c(F)c2)cc1C.Cl. The second-order valence-corrected chi connectivity index (χ2v) is 6.02. The van der Waals surface area contributed by atoms with Crippen LogP contribution in [-0.4, -0.2) is 18.5 Å². The van der Waals surface area contributed by atoms with E-state index in [4.69, 9.17) is 5.73 Å². The smallest absolute Gasteiger partial charge is 0.254 e. The molecule has 0 aromatic heterocycles. The summed E-state index contributed by atoms with van der Waals surface area (Å²) in [5, 5.41) is 2.69. The van der Waals surface area contributed by atoms with Gasteiger partial charge in [-0.15, -0.1) is 12.4 Å². The highest BCUT2D eigenvalue weighted by Gasteiger charge is 2.13. The number of carbonyl (C=O) groups excluding carboxylic acids is 1. The summed E-state index contributed by atoms with van der Waals surface area (Å²) in [5.74, 6) is -0.922. The predicted molar refractivity (Wildman–Crippen MR) is 99.2 cm³/mol. The molecule has 1 amide bonds. The highest BCUT2D eigenvalue weighted by molar-refractivity contribution is 5.95. The van der Waals surface area contributed by atoms with Crippen molar-refractivity contribution < 1.29 is 9.18 Å². The van der Waals surface area contributed by atoms with Crippen molar-refractivity contribution in [3.05, 3.63) is 58.9 Å². The third-order valence-corrected chi connectivity index (χ3v) is 3.94. The molecule has 2 rings (SSSR count). The van der Waals surface area contributed by atoms with Crippen molar-refractivity contribution in [3.63, 3.8) is 0 Å². The standard InChI is InChI=1S/C19H23FN2O.ClH/c1-12-4-5-15(10-13(12)2)16-6-7-17(18(20)11-16)19(23)22-9-8-14(3)21;/h4-7,10-11,14H,8-9,21H2,1-3H3,(H,22,23);1H. The van der Waals surface area contributed by atoms with Crippen LogP contribution in [0.2, 0.25) is 0 Å². The topological polar surface area (TPSA) is 55.1 Å². The summed E-state index contributed by atoms with van der Waals surface area (Å²) < 4.78 is 14.3. The lowest BCUT2D eigenvalue weighted by molar-refractivity contribution is 0.0949. The van der Waals surface area contributed by atoms with E-state index < -0.39 is 11.7 Å². The maximum absolute atomic E-state index is 14.3. The van der Waals surface area contributed by atoms with E-state index in [-0.39, 0.29) is 24.0 Å². The van der Waals surface area contributed by atoms with Crippen molar-refractivity contribution in [1.82, 2.24) is 5.32 Å². The van der Waals surface area contributed by atoms with Gasteiger partial charge >= 0.3 is 0 Å². The van der Waals surface area contributed by atoms with Crippen LogP contribution in [0.1, 0.15) is 34.8 Å². The molecule has 1 unspecified atom stereocenters. The van der Waals surface area contributed by atoms with Crippen LogP contribution in [0.5, 0.6) is 0 Å². The first-order valence-corrected chi connectivity index (χ1v) is 7.79. The summed E-state index contributed by atoms with van der Waals surface area (Å²) in [7, 11) is 0. The fourth-order valence-corrected chi connectivity index (χ4v) is 2.31. The van der Waals surface area contributed by atoms with Crippen LogP contribution in [0.4, 0.5) is 4.39 Å². The molecule has 0 saturated carbocycles. The fourth-order valence-electron chi connectivity index (χ4n) is 2.31. The molecule has 24 heavy (non-hydrogen) atoms. The number of hydrogen-bond acceptors (Lipinski definition) is 2. The molecule has 0 aliphatic rings. The van der Waals surface area contributed by atoms with Crippen LogP contribution >= 0.6 is 12.4 Å². The Kier molecular flexibility index (Phi) is 7.39. The molecular formula is C19H24ClFN2O. The first kappa shape index (κ1) is 20.1. The van der Waals surface area contributed by atoms with Crippen molar-refractivity contribution in [2.45, 2.75) is 33.2 Å². The first-order valence-electron chi connectivity index (χ1n) is 7.79. The van der Waals surface area contributed by atoms with Gasteiger partial charge in [-0.3, -0.25) is 4.79 Å². The number of amides is 1. The maximum atomic E-state index is 14.3. The molecule has 0 heterocycles. The Morgan fingerprint density at radius 2 is 1.75 bits per heavy atom. The van der Waals surface area contributed by atoms with Crippen molar-refractivity contribution >= 4 is 18.3 Å². The largest absolute Gasteiger partial charge is 0.352 e. The van der Waals surface area contributed by atoms with Crippen LogP contribution in [-0.2, 0) is 0 Å². The molecule has 5 heteroatoms. The summed E-state index contributed by atoms with van der Waals surface area (Å²) >= 11 is 0. The van der Waals surface area contributed by atoms with E-state index in [9.17, 15) is 9.18 Å². The van der Waals surface area contributed by atoms with Gasteiger partial charge in [0.25, 0.3) is 5.91 Å². The van der Waals surface area contributed by atoms with Gasteiger partial charge in [-0.2, -0.15) is 0 Å². The van der Waals surface area contributed by atoms with Gasteiger partial charge in [-0.05, 0) is 61.6 Å². The molecule has 0 radical (unpaired) electrons. The number of halogens is 2. The normalized spacial score (nSPS) is 11.5. The molecule has 130 valence electrons. The molecule has 0 spiro atoms. The highest BCUT2D eigenvalue weighted by Crippen LogP contribution is 2.24. The molecule has 1 atom stereocenters. The van der Waals surface area contributed by atoms with Crippen LogP contribution in [0.15, 0.2) is 36.4 Å². The van der Waals surface area contributed by atoms with Crippen LogP contribution in [0.3, 0.4) is 0 Å². The molecule has 0 fully saturated rings. The number of carbonyl (C=O) groups is 1. The Hall–Kier alpha value is -1.91. The van der Waals surface area contributed by atoms with Crippen molar-refractivity contribution in [1.29, 1.82) is 0 Å². The molecule has 0 aliphatic heterocycles. The number of benzene rings is 2. The van der Waals surface area contributed by atoms with Crippen molar-refractivity contribution in [2.24, 2.45) is 5.73 Å². The van der Waals surface area contributed by atoms with E-state index in [0.717, 1.165) is 16.7 Å². The zero-order valence-electron chi connectivity index (χ0n) is 14.2. The summed E-state index contributed by atoms with van der Waals surface area (Å²) in [6, 6.07) is 10.7. The molecule has 0 saturated heterocycles. The van der Waals surface area contributed by atoms with Gasteiger partial charge in [0.2, 0.25) is 0 Å². The van der Waals surface area contributed by atoms with E-state index >= 15 is 0 Å². The Morgan fingerprint density at radius 1 is 1.12 bits per heavy atom. The van der Waals surface area contributed by atoms with E-state index in [1.165, 1.54) is 17.7 Å². The Morgan fingerprint density at radius 3 is 2.33 bits per heavy atom. The second-order valence-electron chi connectivity index (χ2n) is 6.02. The minimum absolute atomic E-state index is 0. The molecule has 0 bridgehead atoms.